The van der Waals surface area contributed by atoms with Crippen molar-refractivity contribution in [3.05, 3.63) is 34.6 Å². The molecule has 0 bridgehead atoms. The van der Waals surface area contributed by atoms with Crippen LogP contribution in [0.4, 0.5) is 22.0 Å². The van der Waals surface area contributed by atoms with Gasteiger partial charge in [-0.1, -0.05) is 0 Å². The maximum atomic E-state index is 13.8. The number of nitrogens with one attached hydrogen (secondary N) is 1. The summed E-state index contributed by atoms with van der Waals surface area (Å²) in [6.07, 6.45) is 1.69. The smallest absolute Gasteiger partial charge is 0.200 e. The Morgan fingerprint density at radius 1 is 0.952 bits per heavy atom. The number of rotatable bonds is 4. The van der Waals surface area contributed by atoms with Crippen LogP contribution in [0.25, 0.3) is 0 Å². The van der Waals surface area contributed by atoms with E-state index in [4.69, 9.17) is 4.74 Å². The minimum atomic E-state index is -2.13. The standard InChI is InChI=1S/C14H16F5NO/c1-20-8(6-7-2-4-21-5-3-7)9-10(15)12(17)14(19)13(18)11(9)16/h7-8,20H,2-6H2,1H3. The highest BCUT2D eigenvalue weighted by Gasteiger charge is 2.31. The first-order valence-corrected chi connectivity index (χ1v) is 6.73. The highest BCUT2D eigenvalue weighted by atomic mass is 19.2. The van der Waals surface area contributed by atoms with E-state index >= 15 is 0 Å². The Balaban J connectivity index is 2.33. The van der Waals surface area contributed by atoms with Gasteiger partial charge in [-0.3, -0.25) is 0 Å². The molecule has 2 nitrogen and oxygen atoms in total. The lowest BCUT2D eigenvalue weighted by Gasteiger charge is -2.27. The SMILES string of the molecule is CNC(CC1CCOCC1)c1c(F)c(F)c(F)c(F)c1F. The molecule has 1 atom stereocenters. The number of halogens is 5. The van der Waals surface area contributed by atoms with Gasteiger partial charge in [0.25, 0.3) is 0 Å². The predicted molar refractivity (Wildman–Crippen MR) is 66.2 cm³/mol. The third-order valence-electron chi connectivity index (χ3n) is 3.85. The summed E-state index contributed by atoms with van der Waals surface area (Å²) in [4.78, 5) is 0. The zero-order chi connectivity index (χ0) is 15.6. The maximum absolute atomic E-state index is 13.8. The number of hydrogen-bond acceptors (Lipinski definition) is 2. The molecule has 2 rings (SSSR count). The zero-order valence-corrected chi connectivity index (χ0v) is 11.5. The van der Waals surface area contributed by atoms with E-state index in [0.29, 0.717) is 26.1 Å². The molecule has 1 saturated heterocycles. The van der Waals surface area contributed by atoms with Gasteiger partial charge in [-0.25, -0.2) is 22.0 Å². The van der Waals surface area contributed by atoms with Gasteiger partial charge in [0.2, 0.25) is 5.82 Å². The largest absolute Gasteiger partial charge is 0.381 e. The number of benzene rings is 1. The van der Waals surface area contributed by atoms with E-state index in [0.717, 1.165) is 0 Å². The van der Waals surface area contributed by atoms with Crippen molar-refractivity contribution in [3.8, 4) is 0 Å². The van der Waals surface area contributed by atoms with Gasteiger partial charge >= 0.3 is 0 Å². The molecule has 1 unspecified atom stereocenters. The Hall–Kier alpha value is -1.21. The monoisotopic (exact) mass is 309 g/mol. The molecule has 1 aromatic rings. The third kappa shape index (κ3) is 3.18. The van der Waals surface area contributed by atoms with E-state index in [1.54, 1.807) is 0 Å². The van der Waals surface area contributed by atoms with E-state index in [1.165, 1.54) is 7.05 Å². The molecule has 0 radical (unpaired) electrons. The van der Waals surface area contributed by atoms with Crippen LogP contribution in [0.5, 0.6) is 0 Å². The van der Waals surface area contributed by atoms with E-state index in [9.17, 15) is 22.0 Å². The summed E-state index contributed by atoms with van der Waals surface area (Å²) in [6, 6.07) is -0.933. The van der Waals surface area contributed by atoms with Crippen molar-refractivity contribution in [2.75, 3.05) is 20.3 Å². The Morgan fingerprint density at radius 2 is 1.43 bits per heavy atom. The summed E-state index contributed by atoms with van der Waals surface area (Å²) >= 11 is 0. The first-order valence-electron chi connectivity index (χ1n) is 6.73. The molecule has 0 aliphatic carbocycles. The summed E-state index contributed by atoms with van der Waals surface area (Å²) in [5.41, 5.74) is -0.791. The fraction of sp³-hybridized carbons (Fsp3) is 0.571. The molecule has 21 heavy (non-hydrogen) atoms. The van der Waals surface area contributed by atoms with E-state index in [-0.39, 0.29) is 12.3 Å². The van der Waals surface area contributed by atoms with Crippen molar-refractivity contribution in [1.29, 1.82) is 0 Å². The second kappa shape index (κ2) is 6.70. The fourth-order valence-electron chi connectivity index (χ4n) is 2.62. The minimum absolute atomic E-state index is 0.117. The van der Waals surface area contributed by atoms with Gasteiger partial charge in [0.1, 0.15) is 0 Å². The van der Waals surface area contributed by atoms with Crippen molar-refractivity contribution in [3.63, 3.8) is 0 Å². The average Bonchev–Trinajstić information content (AvgIpc) is 2.51. The summed E-state index contributed by atoms with van der Waals surface area (Å²) in [5.74, 6) is -9.36. The summed E-state index contributed by atoms with van der Waals surface area (Å²) < 4.78 is 72.4. The Labute approximate surface area is 119 Å². The van der Waals surface area contributed by atoms with Gasteiger partial charge in [-0.2, -0.15) is 0 Å². The van der Waals surface area contributed by atoms with Gasteiger partial charge in [0, 0.05) is 24.8 Å². The maximum Gasteiger partial charge on any atom is 0.200 e. The van der Waals surface area contributed by atoms with Crippen molar-refractivity contribution in [1.82, 2.24) is 5.32 Å². The van der Waals surface area contributed by atoms with Gasteiger partial charge < -0.3 is 10.1 Å². The van der Waals surface area contributed by atoms with Crippen LogP contribution in [0, 0.1) is 35.0 Å². The Kier molecular flexibility index (Phi) is 5.16. The highest BCUT2D eigenvalue weighted by Crippen LogP contribution is 2.33. The molecule has 1 aromatic carbocycles. The van der Waals surface area contributed by atoms with Crippen molar-refractivity contribution in [2.24, 2.45) is 5.92 Å². The van der Waals surface area contributed by atoms with Crippen LogP contribution in [0.2, 0.25) is 0 Å². The Bertz CT molecular complexity index is 488. The number of ether oxygens (including phenoxy) is 1. The molecular formula is C14H16F5NO. The predicted octanol–water partition coefficient (Wildman–Crippen LogP) is 3.46. The lowest BCUT2D eigenvalue weighted by molar-refractivity contribution is 0.0604. The van der Waals surface area contributed by atoms with Crippen molar-refractivity contribution < 1.29 is 26.7 Å². The zero-order valence-electron chi connectivity index (χ0n) is 11.5. The highest BCUT2D eigenvalue weighted by molar-refractivity contribution is 5.27. The van der Waals surface area contributed by atoms with E-state index in [2.05, 4.69) is 5.32 Å². The van der Waals surface area contributed by atoms with Crippen LogP contribution >= 0.6 is 0 Å². The van der Waals surface area contributed by atoms with Gasteiger partial charge in [-0.15, -0.1) is 0 Å². The molecule has 1 N–H and O–H groups in total. The Morgan fingerprint density at radius 3 is 1.90 bits per heavy atom. The average molecular weight is 309 g/mol. The molecule has 0 spiro atoms. The van der Waals surface area contributed by atoms with Crippen LogP contribution in [0.15, 0.2) is 0 Å². The van der Waals surface area contributed by atoms with Crippen molar-refractivity contribution >= 4 is 0 Å². The molecule has 1 aliphatic heterocycles. The second-order valence-corrected chi connectivity index (χ2v) is 5.12. The molecule has 7 heteroatoms. The molecule has 0 saturated carbocycles. The van der Waals surface area contributed by atoms with Crippen molar-refractivity contribution in [2.45, 2.75) is 25.3 Å². The molecule has 1 fully saturated rings. The fourth-order valence-corrected chi connectivity index (χ4v) is 2.62. The van der Waals surface area contributed by atoms with Gasteiger partial charge in [0.05, 0.1) is 0 Å². The summed E-state index contributed by atoms with van der Waals surface area (Å²) in [5, 5.41) is 2.64. The topological polar surface area (TPSA) is 21.3 Å². The number of hydrogen-bond donors (Lipinski definition) is 1. The molecule has 0 aromatic heterocycles. The van der Waals surface area contributed by atoms with Crippen LogP contribution in [0.1, 0.15) is 30.9 Å². The molecule has 118 valence electrons. The quantitative estimate of drug-likeness (QED) is 0.522. The van der Waals surface area contributed by atoms with Crippen LogP contribution in [-0.2, 0) is 4.74 Å². The lowest BCUT2D eigenvalue weighted by atomic mass is 9.89. The first kappa shape index (κ1) is 16.2. The van der Waals surface area contributed by atoms with E-state index < -0.39 is 40.7 Å². The molecule has 1 heterocycles. The molecule has 1 aliphatic rings. The summed E-state index contributed by atoms with van der Waals surface area (Å²) in [7, 11) is 1.43. The van der Waals surface area contributed by atoms with Gasteiger partial charge in [-0.05, 0) is 32.2 Å². The van der Waals surface area contributed by atoms with Crippen LogP contribution in [-0.4, -0.2) is 20.3 Å². The third-order valence-corrected chi connectivity index (χ3v) is 3.85. The molecular weight excluding hydrogens is 293 g/mol. The van der Waals surface area contributed by atoms with E-state index in [1.807, 2.05) is 0 Å². The van der Waals surface area contributed by atoms with Gasteiger partial charge in [0.15, 0.2) is 23.3 Å². The first-order chi connectivity index (χ1) is 9.97. The lowest BCUT2D eigenvalue weighted by Crippen LogP contribution is -2.26. The molecule has 0 amide bonds. The minimum Gasteiger partial charge on any atom is -0.381 e. The van der Waals surface area contributed by atoms with Crippen LogP contribution in [0.3, 0.4) is 0 Å². The normalized spacial score (nSPS) is 18.0. The van der Waals surface area contributed by atoms with Crippen LogP contribution < -0.4 is 5.32 Å². The second-order valence-electron chi connectivity index (χ2n) is 5.12. The summed E-state index contributed by atoms with van der Waals surface area (Å²) in [6.45, 7) is 1.08.